The minimum absolute atomic E-state index is 0.00448. The Hall–Kier alpha value is -6.05. The Morgan fingerprint density at radius 3 is 1.81 bits per heavy atom. The smallest absolute Gasteiger partial charge is 0.315 e. The first-order valence-electron chi connectivity index (χ1n) is 24.1. The molecule has 3 heterocycles. The highest BCUT2D eigenvalue weighted by Gasteiger charge is 2.54. The first-order valence-corrected chi connectivity index (χ1v) is 24.1. The number of Topliss-reactive ketones (excluding diaryl/α,β-unsaturated/α-hetero) is 1. The van der Waals surface area contributed by atoms with Crippen LogP contribution in [-0.4, -0.2) is 115 Å². The van der Waals surface area contributed by atoms with Crippen molar-refractivity contribution in [1.82, 2.24) is 0 Å². The standard InChI is InChI=1S/C55H75NO17/c1-18-23-65-49-36(10)48(68-27-63-16)40-39-41(49)52(69-28-64-17)43(33(7)47(39)67-26-62-15)56-53(60)30(4)22-20-21-29(3)46-35(9)51(73-55(13,14)72-46)42(54(61)66-24-19-2)50(71-38(12)58)34(8)45(70-37(11)57)32(6)25-31(5)44(40)59/h18-22,25,29,32,34-35,42,45-46,50-51H,1-2,23-24,26-28H2,3-17H3,(H,56,60)/b21-20-,30-22+,31-25+/t29-,32+,34-,35-,42+,45+,46-,50-,51-/m1/s1. The Labute approximate surface area is 429 Å². The number of anilines is 1. The summed E-state index contributed by atoms with van der Waals surface area (Å²) in [6.45, 7) is 26.2. The zero-order valence-corrected chi connectivity index (χ0v) is 45.1. The molecule has 18 heteroatoms. The lowest BCUT2D eigenvalue weighted by Gasteiger charge is -2.50. The largest absolute Gasteiger partial charge is 0.488 e. The van der Waals surface area contributed by atoms with Gasteiger partial charge in [-0.25, -0.2) is 0 Å². The van der Waals surface area contributed by atoms with Crippen molar-refractivity contribution in [3.05, 3.63) is 77.5 Å². The van der Waals surface area contributed by atoms with E-state index in [0.29, 0.717) is 11.1 Å². The number of rotatable bonds is 17. The minimum atomic E-state index is -1.34. The van der Waals surface area contributed by atoms with Gasteiger partial charge < -0.3 is 62.2 Å². The second-order valence-electron chi connectivity index (χ2n) is 18.8. The fourth-order valence-corrected chi connectivity index (χ4v) is 9.49. The van der Waals surface area contributed by atoms with Gasteiger partial charge in [-0.05, 0) is 47.1 Å². The van der Waals surface area contributed by atoms with E-state index in [0.717, 1.165) is 0 Å². The van der Waals surface area contributed by atoms with Crippen LogP contribution in [0, 0.1) is 43.4 Å². The van der Waals surface area contributed by atoms with Gasteiger partial charge in [0.25, 0.3) is 5.91 Å². The van der Waals surface area contributed by atoms with Gasteiger partial charge in [0.2, 0.25) is 0 Å². The molecule has 5 rings (SSSR count). The van der Waals surface area contributed by atoms with Crippen molar-refractivity contribution in [2.45, 2.75) is 113 Å². The van der Waals surface area contributed by atoms with Gasteiger partial charge in [-0.2, -0.15) is 0 Å². The van der Waals surface area contributed by atoms with Crippen LogP contribution in [0.4, 0.5) is 5.69 Å². The molecule has 402 valence electrons. The molecule has 0 saturated carbocycles. The molecule has 0 aliphatic carbocycles. The summed E-state index contributed by atoms with van der Waals surface area (Å²) in [4.78, 5) is 71.0. The Bertz CT molecular complexity index is 2450. The van der Waals surface area contributed by atoms with Crippen molar-refractivity contribution in [2.24, 2.45) is 29.6 Å². The number of fused-ring (bicyclic) bond motifs is 11. The summed E-state index contributed by atoms with van der Waals surface area (Å²) in [5.74, 6) is -8.10. The lowest BCUT2D eigenvalue weighted by molar-refractivity contribution is -0.336. The summed E-state index contributed by atoms with van der Waals surface area (Å²) in [5, 5.41) is 3.40. The number of allylic oxidation sites excluding steroid dienone is 3. The van der Waals surface area contributed by atoms with E-state index in [-0.39, 0.29) is 95.7 Å². The number of hydrogen-bond donors (Lipinski definition) is 1. The van der Waals surface area contributed by atoms with Crippen molar-refractivity contribution < 1.29 is 80.8 Å². The van der Waals surface area contributed by atoms with E-state index < -0.39 is 83.5 Å². The molecule has 0 aromatic heterocycles. The molecule has 0 radical (unpaired) electrons. The van der Waals surface area contributed by atoms with E-state index >= 15 is 4.79 Å². The number of carbonyl (C=O) groups excluding carboxylic acids is 5. The lowest BCUT2D eigenvalue weighted by atomic mass is 9.75. The Balaban J connectivity index is 2.27. The fourth-order valence-electron chi connectivity index (χ4n) is 9.49. The molecule has 18 nitrogen and oxygen atoms in total. The number of methoxy groups -OCH3 is 3. The second kappa shape index (κ2) is 26.8. The maximum Gasteiger partial charge on any atom is 0.315 e. The lowest BCUT2D eigenvalue weighted by Crippen LogP contribution is -2.59. The topological polar surface area (TPSA) is 208 Å². The van der Waals surface area contributed by atoms with Gasteiger partial charge in [-0.1, -0.05) is 77.3 Å². The molecule has 3 aliphatic heterocycles. The second-order valence-corrected chi connectivity index (χ2v) is 18.8. The third kappa shape index (κ3) is 14.2. The predicted octanol–water partition coefficient (Wildman–Crippen LogP) is 8.83. The van der Waals surface area contributed by atoms with Gasteiger partial charge in [0.15, 0.2) is 37.7 Å². The number of esters is 3. The molecule has 1 fully saturated rings. The van der Waals surface area contributed by atoms with Crippen LogP contribution in [0.3, 0.4) is 0 Å². The Kier molecular flexibility index (Phi) is 21.8. The van der Waals surface area contributed by atoms with Crippen LogP contribution >= 0.6 is 0 Å². The fraction of sp³-hybridized carbons (Fsp3) is 0.545. The third-order valence-electron chi connectivity index (χ3n) is 12.7. The molecule has 9 atom stereocenters. The number of carbonyl (C=O) groups is 5. The molecule has 1 saturated heterocycles. The summed E-state index contributed by atoms with van der Waals surface area (Å²) >= 11 is 0. The molecule has 3 aliphatic rings. The van der Waals surface area contributed by atoms with Crippen molar-refractivity contribution in [3.8, 4) is 23.0 Å². The SMILES string of the molecule is C=CCOC(=O)[C@H]1[C@H](OC(C)=O)[C@H](C)[C@@H](OC(C)=O)[C@@H](C)/C=C(\C)C(=O)c2c(OCOC)c(C)c(OCC=C)c3c(OCOC)c(c(C)c(OCOC)c23)NC(=O)/C(C)=C/C=C\[C@@H](C)[C@H]2OC(C)(C)O[C@@H]1[C@@H]2C. The minimum Gasteiger partial charge on any atom is -0.488 e. The van der Waals surface area contributed by atoms with E-state index in [1.165, 1.54) is 41.3 Å². The van der Waals surface area contributed by atoms with Gasteiger partial charge in [-0.3, -0.25) is 24.0 Å². The Morgan fingerprint density at radius 2 is 1.23 bits per heavy atom. The zero-order chi connectivity index (χ0) is 54.5. The van der Waals surface area contributed by atoms with E-state index in [1.54, 1.807) is 79.7 Å². The van der Waals surface area contributed by atoms with Gasteiger partial charge in [0.05, 0.1) is 28.8 Å². The highest BCUT2D eigenvalue weighted by atomic mass is 16.7. The number of ether oxygens (including phenoxy) is 12. The summed E-state index contributed by atoms with van der Waals surface area (Å²) < 4.78 is 72.8. The van der Waals surface area contributed by atoms with Gasteiger partial charge in [-0.15, -0.1) is 0 Å². The van der Waals surface area contributed by atoms with Crippen LogP contribution in [-0.2, 0) is 57.1 Å². The summed E-state index contributed by atoms with van der Waals surface area (Å²) in [5.41, 5.74) is 1.28. The van der Waals surface area contributed by atoms with Gasteiger partial charge in [0.1, 0.15) is 48.6 Å². The van der Waals surface area contributed by atoms with Crippen molar-refractivity contribution in [3.63, 3.8) is 0 Å². The van der Waals surface area contributed by atoms with Crippen molar-refractivity contribution in [2.75, 3.05) is 60.2 Å². The molecule has 1 amide bonds. The van der Waals surface area contributed by atoms with E-state index in [4.69, 9.17) is 56.8 Å². The van der Waals surface area contributed by atoms with Crippen molar-refractivity contribution >= 4 is 46.1 Å². The quantitative estimate of drug-likeness (QED) is 0.0679. The maximum absolute atomic E-state index is 15.6. The molecular weight excluding hydrogens is 947 g/mol. The van der Waals surface area contributed by atoms with Gasteiger partial charge in [0, 0.05) is 80.9 Å². The van der Waals surface area contributed by atoms with Crippen LogP contribution in [0.25, 0.3) is 10.8 Å². The zero-order valence-electron chi connectivity index (χ0n) is 45.1. The Morgan fingerprint density at radius 1 is 0.685 bits per heavy atom. The van der Waals surface area contributed by atoms with E-state index in [9.17, 15) is 19.2 Å². The van der Waals surface area contributed by atoms with Gasteiger partial charge >= 0.3 is 17.9 Å². The number of ketones is 1. The maximum atomic E-state index is 15.6. The van der Waals surface area contributed by atoms with Crippen molar-refractivity contribution in [1.29, 1.82) is 0 Å². The summed E-state index contributed by atoms with van der Waals surface area (Å²) in [6, 6.07) is 0. The van der Waals surface area contributed by atoms with Crippen LogP contribution < -0.4 is 24.3 Å². The van der Waals surface area contributed by atoms with E-state index in [1.807, 2.05) is 19.9 Å². The molecule has 73 heavy (non-hydrogen) atoms. The van der Waals surface area contributed by atoms with Crippen LogP contribution in [0.5, 0.6) is 23.0 Å². The molecule has 0 unspecified atom stereocenters. The first kappa shape index (κ1) is 59.5. The molecule has 6 bridgehead atoms. The molecule has 0 spiro atoms. The summed E-state index contributed by atoms with van der Waals surface area (Å²) in [6.07, 6.45) is 5.73. The van der Waals surface area contributed by atoms with Crippen LogP contribution in [0.1, 0.15) is 90.7 Å². The summed E-state index contributed by atoms with van der Waals surface area (Å²) in [7, 11) is 4.30. The average Bonchev–Trinajstić information content (AvgIpc) is 3.33. The number of nitrogens with one attached hydrogen (secondary N) is 1. The van der Waals surface area contributed by atoms with E-state index in [2.05, 4.69) is 18.5 Å². The number of hydrogen-bond acceptors (Lipinski definition) is 17. The van der Waals surface area contributed by atoms with Crippen LogP contribution in [0.2, 0.25) is 0 Å². The third-order valence-corrected chi connectivity index (χ3v) is 12.7. The molecule has 1 N–H and O–H groups in total. The van der Waals surface area contributed by atoms with Crippen LogP contribution in [0.15, 0.2) is 60.8 Å². The predicted molar refractivity (Wildman–Crippen MR) is 272 cm³/mol. The molecular formula is C55H75NO17. The normalized spacial score (nSPS) is 26.5. The molecule has 2 aromatic rings. The average molecular weight is 1020 g/mol. The molecule has 2 aromatic carbocycles. The number of benzene rings is 2. The first-order chi connectivity index (χ1) is 34.5. The highest BCUT2D eigenvalue weighted by molar-refractivity contribution is 6.23. The number of amides is 1. The monoisotopic (exact) mass is 1020 g/mol. The highest BCUT2D eigenvalue weighted by Crippen LogP contribution is 2.54.